The van der Waals surface area contributed by atoms with Crippen LogP contribution in [0.5, 0.6) is 0 Å². The van der Waals surface area contributed by atoms with Crippen molar-refractivity contribution in [2.75, 3.05) is 6.54 Å². The maximum Gasteiger partial charge on any atom is 0.273 e. The molecule has 0 atom stereocenters. The summed E-state index contributed by atoms with van der Waals surface area (Å²) in [5.41, 5.74) is 0.129. The molecule has 1 aromatic rings. The molecule has 0 aliphatic heterocycles. The van der Waals surface area contributed by atoms with E-state index in [2.05, 4.69) is 15.5 Å². The summed E-state index contributed by atoms with van der Waals surface area (Å²) in [6, 6.07) is 0. The highest BCUT2D eigenvalue weighted by molar-refractivity contribution is 8.13. The zero-order valence-corrected chi connectivity index (χ0v) is 13.3. The van der Waals surface area contributed by atoms with Crippen molar-refractivity contribution < 1.29 is 13.2 Å². The second kappa shape index (κ2) is 5.28. The van der Waals surface area contributed by atoms with Crippen LogP contribution in [0.1, 0.15) is 41.9 Å². The van der Waals surface area contributed by atoms with Crippen LogP contribution < -0.4 is 5.32 Å². The second-order valence-corrected chi connectivity index (χ2v) is 8.52. The van der Waals surface area contributed by atoms with Crippen molar-refractivity contribution in [1.29, 1.82) is 0 Å². The van der Waals surface area contributed by atoms with Gasteiger partial charge >= 0.3 is 0 Å². The Bertz CT molecular complexity index is 650. The first-order valence-electron chi connectivity index (χ1n) is 7.15. The van der Waals surface area contributed by atoms with E-state index in [0.29, 0.717) is 12.5 Å². The van der Waals surface area contributed by atoms with Gasteiger partial charge in [-0.3, -0.25) is 9.89 Å². The zero-order chi connectivity index (χ0) is 15.2. The number of aromatic nitrogens is 2. The summed E-state index contributed by atoms with van der Waals surface area (Å²) < 4.78 is 23.1. The highest BCUT2D eigenvalue weighted by atomic mass is 35.7. The van der Waals surface area contributed by atoms with Crippen molar-refractivity contribution in [2.24, 2.45) is 17.8 Å². The molecule has 0 bridgehead atoms. The number of H-pyrrole nitrogens is 1. The monoisotopic (exact) mass is 331 g/mol. The van der Waals surface area contributed by atoms with Gasteiger partial charge in [0.2, 0.25) is 0 Å². The summed E-state index contributed by atoms with van der Waals surface area (Å²) in [5.74, 6) is 1.47. The van der Waals surface area contributed by atoms with Gasteiger partial charge in [0.05, 0.1) is 5.69 Å². The van der Waals surface area contributed by atoms with E-state index in [9.17, 15) is 13.2 Å². The lowest BCUT2D eigenvalue weighted by Crippen LogP contribution is -2.32. The van der Waals surface area contributed by atoms with Gasteiger partial charge in [-0.15, -0.1) is 0 Å². The van der Waals surface area contributed by atoms with Gasteiger partial charge in [0.1, 0.15) is 4.90 Å². The first-order valence-corrected chi connectivity index (χ1v) is 9.46. The fourth-order valence-corrected chi connectivity index (χ4v) is 4.28. The van der Waals surface area contributed by atoms with Crippen LogP contribution in [0.2, 0.25) is 0 Å². The Kier molecular flexibility index (Phi) is 3.73. The normalized spacial score (nSPS) is 19.0. The van der Waals surface area contributed by atoms with Crippen molar-refractivity contribution in [3.05, 3.63) is 11.4 Å². The van der Waals surface area contributed by atoms with Gasteiger partial charge in [-0.05, 0) is 50.4 Å². The van der Waals surface area contributed by atoms with Crippen molar-refractivity contribution in [3.63, 3.8) is 0 Å². The van der Waals surface area contributed by atoms with Crippen molar-refractivity contribution in [3.8, 4) is 0 Å². The van der Waals surface area contributed by atoms with E-state index in [4.69, 9.17) is 10.7 Å². The number of carbonyl (C=O) groups excluding carboxylic acids is 1. The average Bonchev–Trinajstić information content (AvgIpc) is 3.28. The lowest BCUT2D eigenvalue weighted by Gasteiger charge is -2.15. The number of rotatable bonds is 6. The van der Waals surface area contributed by atoms with Crippen LogP contribution in [0.3, 0.4) is 0 Å². The summed E-state index contributed by atoms with van der Waals surface area (Å²) >= 11 is 0. The molecule has 0 unspecified atom stereocenters. The molecule has 6 nitrogen and oxygen atoms in total. The standard InChI is InChI=1S/C13H18ClN3O3S/c1-7-12(21(14,19)20)11(17-16-7)13(18)15-6-10(8-2-3-8)9-4-5-9/h8-10H,2-6H2,1H3,(H,15,18)(H,16,17). The van der Waals surface area contributed by atoms with Crippen LogP contribution in [-0.4, -0.2) is 31.1 Å². The molecule has 2 fully saturated rings. The Morgan fingerprint density at radius 1 is 1.38 bits per heavy atom. The van der Waals surface area contributed by atoms with Gasteiger partial charge in [-0.2, -0.15) is 5.10 Å². The molecule has 116 valence electrons. The first-order chi connectivity index (χ1) is 9.88. The molecule has 1 aromatic heterocycles. The molecule has 2 aliphatic rings. The molecular formula is C13H18ClN3O3S. The second-order valence-electron chi connectivity index (χ2n) is 6.01. The zero-order valence-electron chi connectivity index (χ0n) is 11.7. The average molecular weight is 332 g/mol. The summed E-state index contributed by atoms with van der Waals surface area (Å²) in [5, 5.41) is 9.11. The Morgan fingerprint density at radius 3 is 2.43 bits per heavy atom. The molecule has 0 radical (unpaired) electrons. The third-order valence-corrected chi connectivity index (χ3v) is 5.75. The maximum absolute atomic E-state index is 12.2. The summed E-state index contributed by atoms with van der Waals surface area (Å²) in [6.07, 6.45) is 4.94. The van der Waals surface area contributed by atoms with Crippen molar-refractivity contribution >= 4 is 25.6 Å². The Hall–Kier alpha value is -1.08. The molecule has 21 heavy (non-hydrogen) atoms. The van der Waals surface area contributed by atoms with Gasteiger partial charge in [0, 0.05) is 17.2 Å². The summed E-state index contributed by atoms with van der Waals surface area (Å²) in [7, 11) is 1.38. The number of nitrogens with one attached hydrogen (secondary N) is 2. The summed E-state index contributed by atoms with van der Waals surface area (Å²) in [4.78, 5) is 12.0. The largest absolute Gasteiger partial charge is 0.350 e. The number of halogens is 1. The first kappa shape index (κ1) is 14.8. The van der Waals surface area contributed by atoms with E-state index in [-0.39, 0.29) is 16.3 Å². The quantitative estimate of drug-likeness (QED) is 0.778. The van der Waals surface area contributed by atoms with Crippen LogP contribution in [-0.2, 0) is 9.05 Å². The fraction of sp³-hybridized carbons (Fsp3) is 0.692. The van der Waals surface area contributed by atoms with E-state index in [1.807, 2.05) is 0 Å². The third kappa shape index (κ3) is 3.23. The molecular weight excluding hydrogens is 314 g/mol. The molecule has 8 heteroatoms. The summed E-state index contributed by atoms with van der Waals surface area (Å²) in [6.45, 7) is 2.11. The van der Waals surface area contributed by atoms with E-state index < -0.39 is 15.0 Å². The number of nitrogens with zero attached hydrogens (tertiary/aromatic N) is 1. The van der Waals surface area contributed by atoms with E-state index in [1.165, 1.54) is 32.6 Å². The van der Waals surface area contributed by atoms with Gasteiger partial charge < -0.3 is 5.32 Å². The molecule has 3 rings (SSSR count). The molecule has 0 aromatic carbocycles. The minimum Gasteiger partial charge on any atom is -0.350 e. The molecule has 0 spiro atoms. The predicted octanol–water partition coefficient (Wildman–Crippen LogP) is 1.81. The van der Waals surface area contributed by atoms with Crippen LogP contribution in [0.15, 0.2) is 4.90 Å². The van der Waals surface area contributed by atoms with Crippen LogP contribution in [0.25, 0.3) is 0 Å². The predicted molar refractivity (Wildman–Crippen MR) is 77.6 cm³/mol. The topological polar surface area (TPSA) is 91.9 Å². The fourth-order valence-electron chi connectivity index (χ4n) is 2.93. The van der Waals surface area contributed by atoms with Gasteiger partial charge in [-0.25, -0.2) is 8.42 Å². The number of aryl methyl sites for hydroxylation is 1. The Morgan fingerprint density at radius 2 is 1.95 bits per heavy atom. The van der Waals surface area contributed by atoms with Gasteiger partial charge in [0.15, 0.2) is 5.69 Å². The van der Waals surface area contributed by atoms with E-state index in [0.717, 1.165) is 11.8 Å². The van der Waals surface area contributed by atoms with Crippen LogP contribution >= 0.6 is 10.7 Å². The highest BCUT2D eigenvalue weighted by Gasteiger charge is 2.41. The van der Waals surface area contributed by atoms with Crippen molar-refractivity contribution in [2.45, 2.75) is 37.5 Å². The molecule has 1 heterocycles. The minimum absolute atomic E-state index is 0.146. The smallest absolute Gasteiger partial charge is 0.273 e. The number of amides is 1. The molecule has 0 saturated heterocycles. The molecule has 2 N–H and O–H groups in total. The van der Waals surface area contributed by atoms with Crippen LogP contribution in [0, 0.1) is 24.7 Å². The lowest BCUT2D eigenvalue weighted by molar-refractivity contribution is 0.0935. The SMILES string of the molecule is Cc1[nH]nc(C(=O)NCC(C2CC2)C2CC2)c1S(=O)(=O)Cl. The van der Waals surface area contributed by atoms with Gasteiger partial charge in [0.25, 0.3) is 15.0 Å². The third-order valence-electron chi connectivity index (χ3n) is 4.30. The maximum atomic E-state index is 12.2. The minimum atomic E-state index is -3.99. The molecule has 1 amide bonds. The Balaban J connectivity index is 1.71. The van der Waals surface area contributed by atoms with E-state index in [1.54, 1.807) is 0 Å². The number of aromatic amines is 1. The molecule has 2 saturated carbocycles. The lowest BCUT2D eigenvalue weighted by atomic mass is 9.98. The molecule has 2 aliphatic carbocycles. The number of hydrogen-bond acceptors (Lipinski definition) is 4. The van der Waals surface area contributed by atoms with Crippen molar-refractivity contribution in [1.82, 2.24) is 15.5 Å². The van der Waals surface area contributed by atoms with E-state index >= 15 is 0 Å². The highest BCUT2D eigenvalue weighted by Crippen LogP contribution is 2.48. The van der Waals surface area contributed by atoms with Crippen LogP contribution in [0.4, 0.5) is 0 Å². The number of hydrogen-bond donors (Lipinski definition) is 2. The Labute approximate surface area is 128 Å². The van der Waals surface area contributed by atoms with Gasteiger partial charge in [-0.1, -0.05) is 0 Å². The number of carbonyl (C=O) groups is 1.